The van der Waals surface area contributed by atoms with E-state index in [1.807, 2.05) is 25.1 Å². The lowest BCUT2D eigenvalue weighted by atomic mass is 10.1. The molecule has 1 atom stereocenters. The number of rotatable bonds is 3. The molecule has 0 aliphatic carbocycles. The third-order valence-corrected chi connectivity index (χ3v) is 3.42. The number of aryl methyl sites for hydroxylation is 1. The molecule has 1 aromatic carbocycles. The van der Waals surface area contributed by atoms with Crippen molar-refractivity contribution in [1.29, 1.82) is 0 Å². The van der Waals surface area contributed by atoms with E-state index in [4.69, 9.17) is 10.9 Å². The predicted octanol–water partition coefficient (Wildman–Crippen LogP) is 0.908. The summed E-state index contributed by atoms with van der Waals surface area (Å²) in [7, 11) is 0. The number of benzene rings is 1. The molecule has 0 saturated carbocycles. The van der Waals surface area contributed by atoms with Gasteiger partial charge in [-0.15, -0.1) is 0 Å². The lowest BCUT2D eigenvalue weighted by Crippen LogP contribution is -2.25. The van der Waals surface area contributed by atoms with Gasteiger partial charge in [-0.1, -0.05) is 11.2 Å². The van der Waals surface area contributed by atoms with Crippen molar-refractivity contribution in [3.63, 3.8) is 0 Å². The molecule has 0 bridgehead atoms. The lowest BCUT2D eigenvalue weighted by Gasteiger charge is -2.22. The summed E-state index contributed by atoms with van der Waals surface area (Å²) in [6, 6.07) is 5.84. The highest BCUT2D eigenvalue weighted by atomic mass is 16.4. The Hall–Kier alpha value is -1.75. The van der Waals surface area contributed by atoms with Crippen molar-refractivity contribution >= 4 is 11.5 Å². The molecule has 1 aliphatic heterocycles. The zero-order valence-electron chi connectivity index (χ0n) is 10.5. The van der Waals surface area contributed by atoms with Crippen molar-refractivity contribution in [2.45, 2.75) is 13.3 Å². The highest BCUT2D eigenvalue weighted by molar-refractivity contribution is 6.02. The van der Waals surface area contributed by atoms with Gasteiger partial charge in [-0.3, -0.25) is 0 Å². The van der Waals surface area contributed by atoms with Crippen LogP contribution >= 0.6 is 0 Å². The summed E-state index contributed by atoms with van der Waals surface area (Å²) in [5.41, 5.74) is 8.55. The quantitative estimate of drug-likeness (QED) is 0.322. The number of aliphatic hydroxyl groups is 1. The standard InChI is InChI=1S/C13H19N3O2/c1-9-2-3-11(13(14)15-18)12(6-9)16-5-4-10(7-16)8-17/h2-3,6,10,17-18H,4-5,7-8H2,1H3,(H2,14,15). The van der Waals surface area contributed by atoms with Crippen LogP contribution in [-0.2, 0) is 0 Å². The van der Waals surface area contributed by atoms with E-state index in [0.29, 0.717) is 5.92 Å². The van der Waals surface area contributed by atoms with Crippen LogP contribution in [0.5, 0.6) is 0 Å². The zero-order chi connectivity index (χ0) is 13.1. The zero-order valence-corrected chi connectivity index (χ0v) is 10.5. The van der Waals surface area contributed by atoms with Crippen LogP contribution in [0.4, 0.5) is 5.69 Å². The van der Waals surface area contributed by atoms with Crippen LogP contribution in [0.25, 0.3) is 0 Å². The SMILES string of the molecule is Cc1ccc(/C(N)=N/O)c(N2CCC(CO)C2)c1. The molecule has 0 aromatic heterocycles. The number of nitrogens with zero attached hydrogens (tertiary/aromatic N) is 2. The predicted molar refractivity (Wildman–Crippen MR) is 71.1 cm³/mol. The number of anilines is 1. The number of amidine groups is 1. The van der Waals surface area contributed by atoms with Crippen LogP contribution in [0, 0.1) is 12.8 Å². The van der Waals surface area contributed by atoms with Crippen molar-refractivity contribution < 1.29 is 10.3 Å². The molecule has 2 rings (SSSR count). The average Bonchev–Trinajstić information content (AvgIpc) is 2.86. The number of nitrogens with two attached hydrogens (primary N) is 1. The first-order chi connectivity index (χ1) is 8.65. The number of hydrogen-bond donors (Lipinski definition) is 3. The van der Waals surface area contributed by atoms with Crippen LogP contribution in [-0.4, -0.2) is 35.8 Å². The van der Waals surface area contributed by atoms with Gasteiger partial charge in [-0.25, -0.2) is 0 Å². The molecule has 1 fully saturated rings. The molecule has 1 heterocycles. The summed E-state index contributed by atoms with van der Waals surface area (Å²) < 4.78 is 0. The van der Waals surface area contributed by atoms with Crippen molar-refractivity contribution in [3.8, 4) is 0 Å². The maximum absolute atomic E-state index is 9.19. The summed E-state index contributed by atoms with van der Waals surface area (Å²) in [4.78, 5) is 2.18. The van der Waals surface area contributed by atoms with Crippen molar-refractivity contribution in [1.82, 2.24) is 0 Å². The maximum atomic E-state index is 9.19. The van der Waals surface area contributed by atoms with Crippen LogP contribution < -0.4 is 10.6 Å². The molecule has 98 valence electrons. The summed E-state index contributed by atoms with van der Waals surface area (Å²) in [6.45, 7) is 3.92. The van der Waals surface area contributed by atoms with Gasteiger partial charge in [0.2, 0.25) is 0 Å². The van der Waals surface area contributed by atoms with Gasteiger partial charge in [0, 0.05) is 36.9 Å². The smallest absolute Gasteiger partial charge is 0.172 e. The summed E-state index contributed by atoms with van der Waals surface area (Å²) in [5.74, 6) is 0.433. The van der Waals surface area contributed by atoms with Crippen LogP contribution in [0.15, 0.2) is 23.4 Å². The first-order valence-corrected chi connectivity index (χ1v) is 6.10. The van der Waals surface area contributed by atoms with E-state index in [2.05, 4.69) is 10.1 Å². The largest absolute Gasteiger partial charge is 0.409 e. The highest BCUT2D eigenvalue weighted by Gasteiger charge is 2.24. The molecule has 1 saturated heterocycles. The van der Waals surface area contributed by atoms with Gasteiger partial charge in [0.05, 0.1) is 0 Å². The Morgan fingerprint density at radius 2 is 2.33 bits per heavy atom. The molecule has 18 heavy (non-hydrogen) atoms. The topological polar surface area (TPSA) is 82.1 Å². The fraction of sp³-hybridized carbons (Fsp3) is 0.462. The minimum Gasteiger partial charge on any atom is -0.409 e. The Labute approximate surface area is 107 Å². The minimum atomic E-state index is 0.123. The van der Waals surface area contributed by atoms with Gasteiger partial charge in [-0.05, 0) is 31.0 Å². The number of oxime groups is 1. The monoisotopic (exact) mass is 249 g/mol. The molecule has 1 aliphatic rings. The van der Waals surface area contributed by atoms with Gasteiger partial charge < -0.3 is 20.9 Å². The molecular formula is C13H19N3O2. The summed E-state index contributed by atoms with van der Waals surface area (Å²) in [6.07, 6.45) is 0.972. The summed E-state index contributed by atoms with van der Waals surface area (Å²) in [5, 5.41) is 21.1. The molecule has 0 amide bonds. The van der Waals surface area contributed by atoms with Crippen LogP contribution in [0.3, 0.4) is 0 Å². The minimum absolute atomic E-state index is 0.123. The van der Waals surface area contributed by atoms with Crippen LogP contribution in [0.1, 0.15) is 17.5 Å². The third-order valence-electron chi connectivity index (χ3n) is 3.42. The normalized spacial score (nSPS) is 20.4. The Bertz CT molecular complexity index is 460. The number of aliphatic hydroxyl groups excluding tert-OH is 1. The molecule has 0 radical (unpaired) electrons. The summed E-state index contributed by atoms with van der Waals surface area (Å²) >= 11 is 0. The fourth-order valence-electron chi connectivity index (χ4n) is 2.37. The van der Waals surface area contributed by atoms with Gasteiger partial charge >= 0.3 is 0 Å². The van der Waals surface area contributed by atoms with E-state index >= 15 is 0 Å². The Balaban J connectivity index is 2.34. The molecule has 0 spiro atoms. The first kappa shape index (κ1) is 12.7. The maximum Gasteiger partial charge on any atom is 0.172 e. The second kappa shape index (κ2) is 5.27. The lowest BCUT2D eigenvalue weighted by molar-refractivity contribution is 0.238. The van der Waals surface area contributed by atoms with E-state index in [-0.39, 0.29) is 12.4 Å². The molecule has 5 heteroatoms. The van der Waals surface area contributed by atoms with Gasteiger partial charge in [0.15, 0.2) is 5.84 Å². The molecule has 1 aromatic rings. The molecule has 4 N–H and O–H groups in total. The van der Waals surface area contributed by atoms with E-state index in [9.17, 15) is 5.11 Å². The van der Waals surface area contributed by atoms with Crippen molar-refractivity contribution in [2.75, 3.05) is 24.6 Å². The van der Waals surface area contributed by atoms with Gasteiger partial charge in [-0.2, -0.15) is 0 Å². The van der Waals surface area contributed by atoms with Crippen molar-refractivity contribution in [2.24, 2.45) is 16.8 Å². The van der Waals surface area contributed by atoms with Crippen molar-refractivity contribution in [3.05, 3.63) is 29.3 Å². The van der Waals surface area contributed by atoms with E-state index in [1.165, 1.54) is 0 Å². The Kier molecular flexibility index (Phi) is 3.72. The fourth-order valence-corrected chi connectivity index (χ4v) is 2.37. The van der Waals surface area contributed by atoms with Gasteiger partial charge in [0.25, 0.3) is 0 Å². The van der Waals surface area contributed by atoms with E-state index in [1.54, 1.807) is 0 Å². The van der Waals surface area contributed by atoms with E-state index < -0.39 is 0 Å². The Morgan fingerprint density at radius 3 is 2.94 bits per heavy atom. The molecule has 1 unspecified atom stereocenters. The van der Waals surface area contributed by atoms with Crippen LogP contribution in [0.2, 0.25) is 0 Å². The van der Waals surface area contributed by atoms with E-state index in [0.717, 1.165) is 36.3 Å². The highest BCUT2D eigenvalue weighted by Crippen LogP contribution is 2.28. The first-order valence-electron chi connectivity index (χ1n) is 6.10. The molecule has 5 nitrogen and oxygen atoms in total. The second-order valence-corrected chi connectivity index (χ2v) is 4.79. The average molecular weight is 249 g/mol. The molecular weight excluding hydrogens is 230 g/mol. The third kappa shape index (κ3) is 2.41. The Morgan fingerprint density at radius 1 is 1.56 bits per heavy atom. The number of hydrogen-bond acceptors (Lipinski definition) is 4. The second-order valence-electron chi connectivity index (χ2n) is 4.79. The van der Waals surface area contributed by atoms with Gasteiger partial charge in [0.1, 0.15) is 0 Å².